The first kappa shape index (κ1) is 12.8. The van der Waals surface area contributed by atoms with Crippen molar-refractivity contribution >= 4 is 11.8 Å². The van der Waals surface area contributed by atoms with Crippen molar-refractivity contribution in [2.75, 3.05) is 0 Å². The molecule has 1 nitrogen and oxygen atoms in total. The maximum Gasteiger partial charge on any atom is 0.446 e. The highest BCUT2D eigenvalue weighted by atomic mass is 32.2. The largest absolute Gasteiger partial charge is 0.446 e. The Bertz CT molecular complexity index is 428. The minimum Gasteiger partial charge on any atom is -0.327 e. The molecule has 2 atom stereocenters. The van der Waals surface area contributed by atoms with Crippen molar-refractivity contribution in [1.29, 1.82) is 0 Å². The molecule has 17 heavy (non-hydrogen) atoms. The van der Waals surface area contributed by atoms with Crippen LogP contribution in [0.15, 0.2) is 29.2 Å². The predicted molar refractivity (Wildman–Crippen MR) is 62.9 cm³/mol. The second kappa shape index (κ2) is 3.92. The summed E-state index contributed by atoms with van der Waals surface area (Å²) in [6.07, 6.45) is 0. The maximum atomic E-state index is 12.3. The third kappa shape index (κ3) is 2.60. The van der Waals surface area contributed by atoms with E-state index < -0.39 is 5.51 Å². The molecular weight excluding hydrogens is 247 g/mol. The van der Waals surface area contributed by atoms with Crippen molar-refractivity contribution in [2.24, 2.45) is 11.1 Å². The maximum absolute atomic E-state index is 12.3. The van der Waals surface area contributed by atoms with Crippen LogP contribution in [0.3, 0.4) is 0 Å². The summed E-state index contributed by atoms with van der Waals surface area (Å²) in [6.45, 7) is 4.07. The van der Waals surface area contributed by atoms with E-state index in [2.05, 4.69) is 0 Å². The topological polar surface area (TPSA) is 26.0 Å². The highest BCUT2D eigenvalue weighted by Crippen LogP contribution is 2.57. The van der Waals surface area contributed by atoms with Gasteiger partial charge in [0.05, 0.1) is 0 Å². The smallest absolute Gasteiger partial charge is 0.327 e. The second-order valence-corrected chi connectivity index (χ2v) is 6.08. The van der Waals surface area contributed by atoms with E-state index in [9.17, 15) is 13.2 Å². The molecule has 0 spiro atoms. The Morgan fingerprint density at radius 2 is 1.88 bits per heavy atom. The van der Waals surface area contributed by atoms with Crippen LogP contribution < -0.4 is 5.73 Å². The summed E-state index contributed by atoms with van der Waals surface area (Å²) < 4.78 is 36.8. The number of nitrogens with two attached hydrogens (primary N) is 1. The number of hydrogen-bond donors (Lipinski definition) is 1. The fourth-order valence-corrected chi connectivity index (χ4v) is 2.83. The summed E-state index contributed by atoms with van der Waals surface area (Å²) >= 11 is -0.0794. The van der Waals surface area contributed by atoms with E-state index >= 15 is 0 Å². The Morgan fingerprint density at radius 1 is 1.29 bits per heavy atom. The molecule has 0 saturated heterocycles. The summed E-state index contributed by atoms with van der Waals surface area (Å²) in [5.41, 5.74) is 2.58. The van der Waals surface area contributed by atoms with Gasteiger partial charge in [0.2, 0.25) is 0 Å². The number of hydrogen-bond acceptors (Lipinski definition) is 2. The highest BCUT2D eigenvalue weighted by Gasteiger charge is 2.56. The van der Waals surface area contributed by atoms with E-state index in [1.54, 1.807) is 12.1 Å². The van der Waals surface area contributed by atoms with Gasteiger partial charge in [-0.25, -0.2) is 0 Å². The molecule has 0 radical (unpaired) electrons. The molecule has 2 rings (SSSR count). The van der Waals surface area contributed by atoms with Crippen molar-refractivity contribution in [3.8, 4) is 0 Å². The van der Waals surface area contributed by atoms with Crippen LogP contribution in [0, 0.1) is 5.41 Å². The molecule has 1 aromatic carbocycles. The van der Waals surface area contributed by atoms with E-state index in [4.69, 9.17) is 5.73 Å². The minimum absolute atomic E-state index is 0.0124. The van der Waals surface area contributed by atoms with Crippen LogP contribution in [0.2, 0.25) is 0 Å². The molecule has 5 heteroatoms. The van der Waals surface area contributed by atoms with Gasteiger partial charge in [0, 0.05) is 16.9 Å². The summed E-state index contributed by atoms with van der Waals surface area (Å²) in [5.74, 6) is 0.163. The SMILES string of the molecule is CC1(C)[C@@H](N)[C@@H]1c1cccc(SC(F)(F)F)c1. The van der Waals surface area contributed by atoms with Crippen LogP contribution in [0.5, 0.6) is 0 Å². The van der Waals surface area contributed by atoms with E-state index in [1.165, 1.54) is 6.07 Å². The first-order chi connectivity index (χ1) is 7.72. The molecule has 0 unspecified atom stereocenters. The molecule has 1 aliphatic rings. The van der Waals surface area contributed by atoms with Crippen LogP contribution in [-0.2, 0) is 0 Å². The Morgan fingerprint density at radius 3 is 2.35 bits per heavy atom. The van der Waals surface area contributed by atoms with Crippen molar-refractivity contribution < 1.29 is 13.2 Å². The third-order valence-electron chi connectivity index (χ3n) is 3.36. The van der Waals surface area contributed by atoms with E-state index in [1.807, 2.05) is 19.9 Å². The van der Waals surface area contributed by atoms with Gasteiger partial charge in [0.15, 0.2) is 0 Å². The Labute approximate surface area is 103 Å². The zero-order valence-corrected chi connectivity index (χ0v) is 10.4. The van der Waals surface area contributed by atoms with Gasteiger partial charge in [-0.05, 0) is 34.9 Å². The first-order valence-corrected chi connectivity index (χ1v) is 6.15. The van der Waals surface area contributed by atoms with Gasteiger partial charge in [0.25, 0.3) is 0 Å². The summed E-state index contributed by atoms with van der Waals surface area (Å²) in [5, 5.41) is 0. The van der Waals surface area contributed by atoms with Gasteiger partial charge < -0.3 is 5.73 Å². The average Bonchev–Trinajstić information content (AvgIpc) is 2.63. The zero-order valence-electron chi connectivity index (χ0n) is 9.58. The summed E-state index contributed by atoms with van der Waals surface area (Å²) in [7, 11) is 0. The van der Waals surface area contributed by atoms with Gasteiger partial charge >= 0.3 is 5.51 Å². The number of benzene rings is 1. The van der Waals surface area contributed by atoms with Crippen molar-refractivity contribution in [2.45, 2.75) is 36.2 Å². The normalized spacial score (nSPS) is 26.9. The quantitative estimate of drug-likeness (QED) is 0.820. The molecule has 1 aliphatic carbocycles. The minimum atomic E-state index is -4.24. The number of alkyl halides is 3. The number of thioether (sulfide) groups is 1. The molecule has 1 aromatic rings. The second-order valence-electron chi connectivity index (χ2n) is 4.95. The van der Waals surface area contributed by atoms with Gasteiger partial charge in [-0.3, -0.25) is 0 Å². The van der Waals surface area contributed by atoms with Gasteiger partial charge in [-0.15, -0.1) is 0 Å². The Kier molecular flexibility index (Phi) is 2.94. The monoisotopic (exact) mass is 261 g/mol. The van der Waals surface area contributed by atoms with E-state index in [0.717, 1.165) is 5.56 Å². The predicted octanol–water partition coefficient (Wildman–Crippen LogP) is 3.75. The molecule has 1 fully saturated rings. The van der Waals surface area contributed by atoms with Crippen LogP contribution in [0.1, 0.15) is 25.3 Å². The molecular formula is C12H14F3NS. The number of rotatable bonds is 2. The lowest BCUT2D eigenvalue weighted by Crippen LogP contribution is -2.06. The van der Waals surface area contributed by atoms with Gasteiger partial charge in [0.1, 0.15) is 0 Å². The molecule has 0 amide bonds. The van der Waals surface area contributed by atoms with Crippen molar-refractivity contribution in [1.82, 2.24) is 0 Å². The van der Waals surface area contributed by atoms with E-state index in [0.29, 0.717) is 0 Å². The zero-order chi connectivity index (χ0) is 12.8. The summed E-state index contributed by atoms with van der Waals surface area (Å²) in [6, 6.07) is 6.61. The average molecular weight is 261 g/mol. The van der Waals surface area contributed by atoms with Gasteiger partial charge in [-0.2, -0.15) is 13.2 Å². The molecule has 2 N–H and O–H groups in total. The standard InChI is InChI=1S/C12H14F3NS/c1-11(2)9(10(11)16)7-4-3-5-8(6-7)17-12(13,14)15/h3-6,9-10H,16H2,1-2H3/t9-,10-/m0/s1. The van der Waals surface area contributed by atoms with Crippen LogP contribution in [0.25, 0.3) is 0 Å². The third-order valence-corrected chi connectivity index (χ3v) is 4.08. The molecule has 1 saturated carbocycles. The molecule has 0 aromatic heterocycles. The highest BCUT2D eigenvalue weighted by molar-refractivity contribution is 8.00. The lowest BCUT2D eigenvalue weighted by atomic mass is 10.0. The Balaban J connectivity index is 2.19. The molecule has 94 valence electrons. The lowest BCUT2D eigenvalue weighted by Gasteiger charge is -2.08. The molecule has 0 aliphatic heterocycles. The van der Waals surface area contributed by atoms with Crippen molar-refractivity contribution in [3.63, 3.8) is 0 Å². The van der Waals surface area contributed by atoms with Gasteiger partial charge in [-0.1, -0.05) is 26.0 Å². The van der Waals surface area contributed by atoms with E-state index in [-0.39, 0.29) is 34.0 Å². The lowest BCUT2D eigenvalue weighted by molar-refractivity contribution is -0.0328. The van der Waals surface area contributed by atoms with Crippen LogP contribution in [0.4, 0.5) is 13.2 Å². The molecule has 0 bridgehead atoms. The van der Waals surface area contributed by atoms with Crippen LogP contribution >= 0.6 is 11.8 Å². The number of halogens is 3. The molecule has 0 heterocycles. The fourth-order valence-electron chi connectivity index (χ4n) is 2.22. The van der Waals surface area contributed by atoms with Crippen LogP contribution in [-0.4, -0.2) is 11.6 Å². The fraction of sp³-hybridized carbons (Fsp3) is 0.500. The first-order valence-electron chi connectivity index (χ1n) is 5.33. The van der Waals surface area contributed by atoms with Crippen molar-refractivity contribution in [3.05, 3.63) is 29.8 Å². The Hall–Kier alpha value is -0.680. The summed E-state index contributed by atoms with van der Waals surface area (Å²) in [4.78, 5) is 0.227.